The number of nitrogens with one attached hydrogen (secondary N) is 1. The number of hydrogen-bond donors (Lipinski definition) is 1. The maximum Gasteiger partial charge on any atom is 0.161 e. The van der Waals surface area contributed by atoms with Gasteiger partial charge < -0.3 is 14.8 Å². The van der Waals surface area contributed by atoms with E-state index in [1.54, 1.807) is 0 Å². The SMILES string of the molecule is CCOc1ccc(C(c2cccnc2)N2CCCNCC2)cc1OCC. The van der Waals surface area contributed by atoms with Gasteiger partial charge in [-0.3, -0.25) is 9.88 Å². The van der Waals surface area contributed by atoms with Gasteiger partial charge in [-0.25, -0.2) is 0 Å². The van der Waals surface area contributed by atoms with E-state index >= 15 is 0 Å². The number of aromatic nitrogens is 1. The third-order valence-electron chi connectivity index (χ3n) is 4.62. The van der Waals surface area contributed by atoms with Crippen LogP contribution in [-0.2, 0) is 0 Å². The molecule has 5 nitrogen and oxygen atoms in total. The van der Waals surface area contributed by atoms with Crippen molar-refractivity contribution in [3.05, 3.63) is 53.9 Å². The first-order chi connectivity index (χ1) is 12.8. The van der Waals surface area contributed by atoms with Crippen molar-refractivity contribution in [3.8, 4) is 11.5 Å². The lowest BCUT2D eigenvalue weighted by molar-refractivity contribution is 0.239. The molecule has 140 valence electrons. The second kappa shape index (κ2) is 9.55. The summed E-state index contributed by atoms with van der Waals surface area (Å²) in [6.45, 7) is 9.39. The Labute approximate surface area is 156 Å². The van der Waals surface area contributed by atoms with Crippen molar-refractivity contribution in [1.82, 2.24) is 15.2 Å². The molecule has 1 unspecified atom stereocenters. The second-order valence-corrected chi connectivity index (χ2v) is 6.40. The zero-order valence-corrected chi connectivity index (χ0v) is 15.8. The third kappa shape index (κ3) is 4.54. The van der Waals surface area contributed by atoms with E-state index in [-0.39, 0.29) is 6.04 Å². The summed E-state index contributed by atoms with van der Waals surface area (Å²) < 4.78 is 11.6. The molecule has 1 atom stereocenters. The fourth-order valence-corrected chi connectivity index (χ4v) is 3.51. The van der Waals surface area contributed by atoms with Crippen LogP contribution in [0.15, 0.2) is 42.7 Å². The second-order valence-electron chi connectivity index (χ2n) is 6.40. The molecule has 1 aromatic heterocycles. The highest BCUT2D eigenvalue weighted by Gasteiger charge is 2.24. The molecule has 0 spiro atoms. The van der Waals surface area contributed by atoms with Gasteiger partial charge in [-0.05, 0) is 56.1 Å². The van der Waals surface area contributed by atoms with Crippen LogP contribution in [0.4, 0.5) is 0 Å². The van der Waals surface area contributed by atoms with Crippen molar-refractivity contribution in [1.29, 1.82) is 0 Å². The summed E-state index contributed by atoms with van der Waals surface area (Å²) in [5, 5.41) is 3.49. The van der Waals surface area contributed by atoms with Crippen LogP contribution in [0, 0.1) is 0 Å². The fourth-order valence-electron chi connectivity index (χ4n) is 3.51. The summed E-state index contributed by atoms with van der Waals surface area (Å²) in [6.07, 6.45) is 4.94. The minimum absolute atomic E-state index is 0.165. The molecular formula is C21H29N3O2. The molecule has 0 saturated carbocycles. The molecule has 1 aromatic carbocycles. The predicted octanol–water partition coefficient (Wildman–Crippen LogP) is 3.26. The zero-order chi connectivity index (χ0) is 18.2. The molecule has 1 aliphatic rings. The molecule has 0 aliphatic carbocycles. The number of benzene rings is 1. The number of rotatable bonds is 7. The molecule has 1 aliphatic heterocycles. The Bertz CT molecular complexity index is 670. The lowest BCUT2D eigenvalue weighted by atomic mass is 9.97. The van der Waals surface area contributed by atoms with E-state index in [1.165, 1.54) is 11.1 Å². The monoisotopic (exact) mass is 355 g/mol. The Hall–Kier alpha value is -2.11. The van der Waals surface area contributed by atoms with Gasteiger partial charge in [0.25, 0.3) is 0 Å². The highest BCUT2D eigenvalue weighted by atomic mass is 16.5. The van der Waals surface area contributed by atoms with Crippen molar-refractivity contribution in [2.45, 2.75) is 26.3 Å². The van der Waals surface area contributed by atoms with Crippen LogP contribution in [0.2, 0.25) is 0 Å². The smallest absolute Gasteiger partial charge is 0.161 e. The molecule has 1 N–H and O–H groups in total. The van der Waals surface area contributed by atoms with Crippen molar-refractivity contribution in [3.63, 3.8) is 0 Å². The summed E-state index contributed by atoms with van der Waals surface area (Å²) in [7, 11) is 0. The Balaban J connectivity index is 1.99. The third-order valence-corrected chi connectivity index (χ3v) is 4.62. The number of ether oxygens (including phenoxy) is 2. The van der Waals surface area contributed by atoms with Gasteiger partial charge in [-0.15, -0.1) is 0 Å². The summed E-state index contributed by atoms with van der Waals surface area (Å²) >= 11 is 0. The molecule has 5 heteroatoms. The van der Waals surface area contributed by atoms with Crippen molar-refractivity contribution in [2.75, 3.05) is 39.4 Å². The van der Waals surface area contributed by atoms with E-state index in [9.17, 15) is 0 Å². The van der Waals surface area contributed by atoms with Gasteiger partial charge >= 0.3 is 0 Å². The van der Waals surface area contributed by atoms with Crippen LogP contribution < -0.4 is 14.8 Å². The highest BCUT2D eigenvalue weighted by molar-refractivity contribution is 5.46. The van der Waals surface area contributed by atoms with Gasteiger partial charge in [0.15, 0.2) is 11.5 Å². The molecule has 3 rings (SSSR count). The van der Waals surface area contributed by atoms with E-state index in [1.807, 2.05) is 38.4 Å². The summed E-state index contributed by atoms with van der Waals surface area (Å²) in [5.41, 5.74) is 2.42. The van der Waals surface area contributed by atoms with Gasteiger partial charge in [-0.2, -0.15) is 0 Å². The molecule has 1 saturated heterocycles. The topological polar surface area (TPSA) is 46.6 Å². The summed E-state index contributed by atoms with van der Waals surface area (Å²) in [4.78, 5) is 6.89. The predicted molar refractivity (Wildman–Crippen MR) is 104 cm³/mol. The van der Waals surface area contributed by atoms with Crippen LogP contribution in [0.5, 0.6) is 11.5 Å². The first-order valence-corrected chi connectivity index (χ1v) is 9.57. The van der Waals surface area contributed by atoms with E-state index in [0.29, 0.717) is 13.2 Å². The average Bonchev–Trinajstić information content (AvgIpc) is 2.95. The van der Waals surface area contributed by atoms with Crippen molar-refractivity contribution in [2.24, 2.45) is 0 Å². The minimum atomic E-state index is 0.165. The molecule has 2 heterocycles. The Morgan fingerprint density at radius 1 is 1.04 bits per heavy atom. The molecule has 0 bridgehead atoms. The van der Waals surface area contributed by atoms with Crippen molar-refractivity contribution < 1.29 is 9.47 Å². The van der Waals surface area contributed by atoms with E-state index in [2.05, 4.69) is 33.4 Å². The fraction of sp³-hybridized carbons (Fsp3) is 0.476. The van der Waals surface area contributed by atoms with Crippen LogP contribution in [-0.4, -0.2) is 49.3 Å². The standard InChI is InChI=1S/C21H29N3O2/c1-3-25-19-9-8-17(15-20(19)26-4-2)21(18-7-5-10-23-16-18)24-13-6-11-22-12-14-24/h5,7-10,15-16,21-22H,3-4,6,11-14H2,1-2H3. The van der Waals surface area contributed by atoms with Crippen LogP contribution in [0.1, 0.15) is 37.4 Å². The molecule has 26 heavy (non-hydrogen) atoms. The van der Waals surface area contributed by atoms with Gasteiger partial charge in [-0.1, -0.05) is 12.1 Å². The average molecular weight is 355 g/mol. The molecule has 0 amide bonds. The molecular weight excluding hydrogens is 326 g/mol. The first-order valence-electron chi connectivity index (χ1n) is 9.57. The van der Waals surface area contributed by atoms with Crippen molar-refractivity contribution >= 4 is 0 Å². The summed E-state index contributed by atoms with van der Waals surface area (Å²) in [6, 6.07) is 10.7. The normalized spacial score (nSPS) is 16.7. The van der Waals surface area contributed by atoms with E-state index in [0.717, 1.165) is 44.1 Å². The van der Waals surface area contributed by atoms with E-state index < -0.39 is 0 Å². The lowest BCUT2D eigenvalue weighted by Crippen LogP contribution is -2.33. The largest absolute Gasteiger partial charge is 0.490 e. The van der Waals surface area contributed by atoms with Crippen LogP contribution >= 0.6 is 0 Å². The Morgan fingerprint density at radius 3 is 2.65 bits per heavy atom. The number of nitrogens with zero attached hydrogens (tertiary/aromatic N) is 2. The number of hydrogen-bond acceptors (Lipinski definition) is 5. The van der Waals surface area contributed by atoms with Crippen LogP contribution in [0.25, 0.3) is 0 Å². The van der Waals surface area contributed by atoms with Gasteiger partial charge in [0, 0.05) is 32.0 Å². The zero-order valence-electron chi connectivity index (χ0n) is 15.8. The highest BCUT2D eigenvalue weighted by Crippen LogP contribution is 2.35. The Morgan fingerprint density at radius 2 is 1.88 bits per heavy atom. The van der Waals surface area contributed by atoms with E-state index in [4.69, 9.17) is 9.47 Å². The number of pyridine rings is 1. The van der Waals surface area contributed by atoms with Gasteiger partial charge in [0.1, 0.15) is 0 Å². The minimum Gasteiger partial charge on any atom is -0.490 e. The summed E-state index contributed by atoms with van der Waals surface area (Å²) in [5.74, 6) is 1.62. The first kappa shape index (κ1) is 18.7. The molecule has 0 radical (unpaired) electrons. The maximum absolute atomic E-state index is 5.86. The Kier molecular flexibility index (Phi) is 6.86. The lowest BCUT2D eigenvalue weighted by Gasteiger charge is -2.31. The molecule has 2 aromatic rings. The van der Waals surface area contributed by atoms with Gasteiger partial charge in [0.05, 0.1) is 19.3 Å². The quantitative estimate of drug-likeness (QED) is 0.826. The molecule has 1 fully saturated rings. The van der Waals surface area contributed by atoms with Crippen LogP contribution in [0.3, 0.4) is 0 Å². The van der Waals surface area contributed by atoms with Gasteiger partial charge in [0.2, 0.25) is 0 Å². The maximum atomic E-state index is 5.86.